The Morgan fingerprint density at radius 1 is 1.23 bits per heavy atom. The quantitative estimate of drug-likeness (QED) is 0.0255. The molecule has 1 unspecified atom stereocenters. The molecule has 0 amide bonds. The Labute approximate surface area is 341 Å². The van der Waals surface area contributed by atoms with Gasteiger partial charge < -0.3 is 10.4 Å². The predicted octanol–water partition coefficient (Wildman–Crippen LogP) is 11.4. The van der Waals surface area contributed by atoms with E-state index in [2.05, 4.69) is 43.3 Å². The van der Waals surface area contributed by atoms with Gasteiger partial charge in [-0.15, -0.1) is 16.8 Å². The number of alkyl halides is 2. The highest BCUT2D eigenvalue weighted by molar-refractivity contribution is 8.40. The van der Waals surface area contributed by atoms with Crippen molar-refractivity contribution in [1.82, 2.24) is 10.3 Å². The maximum absolute atomic E-state index is 16.5. The van der Waals surface area contributed by atoms with E-state index in [1.807, 2.05) is 13.1 Å². The molecule has 3 heterocycles. The highest BCUT2D eigenvalue weighted by Crippen LogP contribution is 2.78. The van der Waals surface area contributed by atoms with Gasteiger partial charge in [-0.05, 0) is 120 Å². The first kappa shape index (κ1) is 44.5. The van der Waals surface area contributed by atoms with Crippen LogP contribution in [0.1, 0.15) is 95.9 Å². The Balaban J connectivity index is 0.000000811. The topological polar surface area (TPSA) is 107 Å². The van der Waals surface area contributed by atoms with E-state index in [1.165, 1.54) is 41.9 Å². The second-order valence-corrected chi connectivity index (χ2v) is 21.5. The lowest BCUT2D eigenvalue weighted by atomic mass is 9.67. The van der Waals surface area contributed by atoms with Gasteiger partial charge in [-0.2, -0.15) is 13.2 Å². The molecule has 0 radical (unpaired) electrons. The summed E-state index contributed by atoms with van der Waals surface area (Å²) in [5.74, 6) is 3.39. The summed E-state index contributed by atoms with van der Waals surface area (Å²) in [7, 11) is 0.785. The molecule has 2 saturated carbocycles. The number of unbranched alkanes of at least 4 members (excludes halogenated alkanes) is 1. The third-order valence-corrected chi connectivity index (χ3v) is 16.9. The minimum absolute atomic E-state index is 0.0696. The van der Waals surface area contributed by atoms with Crippen molar-refractivity contribution in [2.24, 2.45) is 10.4 Å². The summed E-state index contributed by atoms with van der Waals surface area (Å²) in [6, 6.07) is 5.28. The normalized spacial score (nSPS) is 20.9. The van der Waals surface area contributed by atoms with Gasteiger partial charge in [0.2, 0.25) is 5.83 Å². The molecule has 57 heavy (non-hydrogen) atoms. The maximum Gasteiger partial charge on any atom is 0.378 e. The van der Waals surface area contributed by atoms with E-state index in [0.29, 0.717) is 22.7 Å². The van der Waals surface area contributed by atoms with Gasteiger partial charge in [0, 0.05) is 22.8 Å². The molecule has 3 N–H and O–H groups in total. The Kier molecular flexibility index (Phi) is 14.1. The van der Waals surface area contributed by atoms with Crippen molar-refractivity contribution in [2.45, 2.75) is 103 Å². The van der Waals surface area contributed by atoms with Crippen LogP contribution in [0.5, 0.6) is 0 Å². The van der Waals surface area contributed by atoms with Gasteiger partial charge in [0.25, 0.3) is 0 Å². The monoisotopic (exact) mass is 848 g/mol. The molecular formula is C42H55F4N5O3PS2+. The number of aromatic nitrogens is 1. The minimum atomic E-state index is -3.67. The number of carboxylic acid groups (broad SMARTS) is 1. The molecule has 2 aliphatic heterocycles. The zero-order valence-electron chi connectivity index (χ0n) is 33.4. The molecule has 1 aromatic heterocycles. The predicted molar refractivity (Wildman–Crippen MR) is 231 cm³/mol. The Morgan fingerprint density at radius 3 is 2.44 bits per heavy atom. The molecule has 4 fully saturated rings. The van der Waals surface area contributed by atoms with Crippen LogP contribution in [0.15, 0.2) is 77.4 Å². The number of aliphatic imine (C=N–C) groups is 1. The average molecular weight is 849 g/mol. The zero-order valence-corrected chi connectivity index (χ0v) is 36.2. The number of amidine groups is 1. The van der Waals surface area contributed by atoms with E-state index in [9.17, 15) is 22.9 Å². The highest BCUT2D eigenvalue weighted by atomic mass is 32.3. The van der Waals surface area contributed by atoms with Crippen LogP contribution in [0.25, 0.3) is 16.8 Å². The number of hydrogen-bond donors (Lipinski definition) is 3. The summed E-state index contributed by atoms with van der Waals surface area (Å²) in [5.41, 5.74) is 1.26. The number of benzene rings is 1. The van der Waals surface area contributed by atoms with Crippen molar-refractivity contribution in [3.8, 4) is 11.3 Å². The SMILES string of the molecule is C=C/C(F)=C(\C(C)=C/C)[N+](=O)Nc1cccc(-c2nc(C3(C)CCCC3)sc2C(/C=C\NC(C)=NC2CC3(C2)CS2(CC2)C3)=C\CCC)c1F.O=C(O)C(F)(F)P. The number of halogens is 4. The first-order valence-electron chi connectivity index (χ1n) is 19.4. The van der Waals surface area contributed by atoms with E-state index < -0.39 is 23.3 Å². The van der Waals surface area contributed by atoms with E-state index in [0.717, 1.165) is 75.1 Å². The van der Waals surface area contributed by atoms with Crippen LogP contribution in [-0.4, -0.2) is 61.5 Å². The smallest absolute Gasteiger partial charge is 0.378 e. The molecule has 2 spiro atoms. The van der Waals surface area contributed by atoms with Crippen LogP contribution in [-0.2, 0) is 10.2 Å². The van der Waals surface area contributed by atoms with Crippen LogP contribution in [0.3, 0.4) is 0 Å². The third kappa shape index (κ3) is 10.5. The summed E-state index contributed by atoms with van der Waals surface area (Å²) in [6.07, 6.45) is 17.4. The van der Waals surface area contributed by atoms with Crippen molar-refractivity contribution >= 4 is 53.7 Å². The van der Waals surface area contributed by atoms with Gasteiger partial charge in [-0.25, -0.2) is 24.2 Å². The fourth-order valence-electron chi connectivity index (χ4n) is 8.00. The van der Waals surface area contributed by atoms with Crippen LogP contribution in [0.4, 0.5) is 23.2 Å². The summed E-state index contributed by atoms with van der Waals surface area (Å²) in [5, 5.41) is 11.9. The van der Waals surface area contributed by atoms with Gasteiger partial charge in [-0.3, -0.25) is 4.99 Å². The lowest BCUT2D eigenvalue weighted by Gasteiger charge is -2.59. The number of nitrogens with zero attached hydrogens (tertiary/aromatic N) is 3. The number of allylic oxidation sites excluding steroid dienone is 7. The summed E-state index contributed by atoms with van der Waals surface area (Å²) < 4.78 is 53.6. The van der Waals surface area contributed by atoms with Gasteiger partial charge in [0.1, 0.15) is 5.69 Å². The summed E-state index contributed by atoms with van der Waals surface area (Å²) in [6.45, 7) is 13.2. The first-order chi connectivity index (χ1) is 26.9. The molecule has 4 aliphatic rings. The molecule has 1 aromatic carbocycles. The summed E-state index contributed by atoms with van der Waals surface area (Å²) >= 11 is 1.63. The van der Waals surface area contributed by atoms with Crippen molar-refractivity contribution in [1.29, 1.82) is 0 Å². The second kappa shape index (κ2) is 18.1. The number of thiazole rings is 1. The standard InChI is InChI=1S/C40H52F2N5OS2.C2H3F2O2P/c1-7-10-14-29(17-20-43-28(5)44-30-23-40(24-30)25-50(26-40)21-22-50)37-35(45-38(49-37)39(6)18-11-12-19-39)31-15-13-16-33(34(31)42)46-47(48)36(27(4)8-2)32(41)9-3;3-2(4,7)1(5)6/h8-9,13-17,20,30H,3,7,10-12,18-19,21-26H2,1-2,4-6H3,(H,43,44)(H,46,48);7H2,(H,5,6)/q+1;/b20-17-,27-8-,29-14-,36-32-;. The van der Waals surface area contributed by atoms with Crippen molar-refractivity contribution in [3.05, 3.63) is 93.0 Å². The largest absolute Gasteiger partial charge is 0.477 e. The van der Waals surface area contributed by atoms with Gasteiger partial charge in [0.05, 0.1) is 32.4 Å². The molecule has 1 atom stereocenters. The van der Waals surface area contributed by atoms with Crippen LogP contribution < -0.4 is 10.7 Å². The molecule has 2 saturated heterocycles. The van der Waals surface area contributed by atoms with Crippen LogP contribution in [0.2, 0.25) is 0 Å². The van der Waals surface area contributed by atoms with E-state index in [1.54, 1.807) is 43.4 Å². The molecule has 2 aromatic rings. The zero-order chi connectivity index (χ0) is 41.8. The van der Waals surface area contributed by atoms with E-state index >= 15 is 4.39 Å². The molecule has 15 heteroatoms. The number of anilines is 1. The van der Waals surface area contributed by atoms with Gasteiger partial charge in [0.15, 0.2) is 10.7 Å². The second-order valence-electron chi connectivity index (χ2n) is 16.0. The Hall–Kier alpha value is -3.61. The molecule has 310 valence electrons. The Morgan fingerprint density at radius 2 is 1.88 bits per heavy atom. The number of aliphatic carboxylic acids is 1. The average Bonchev–Trinajstić information content (AvgIpc) is 3.57. The number of rotatable bonds is 14. The number of carboxylic acids is 1. The fraction of sp³-hybridized carbons (Fsp3) is 0.500. The van der Waals surface area contributed by atoms with Crippen LogP contribution >= 0.6 is 30.6 Å². The molecule has 2 aliphatic carbocycles. The van der Waals surface area contributed by atoms with Crippen molar-refractivity contribution in [3.63, 3.8) is 0 Å². The molecular weight excluding hydrogens is 794 g/mol. The van der Waals surface area contributed by atoms with Gasteiger partial charge >= 0.3 is 17.3 Å². The summed E-state index contributed by atoms with van der Waals surface area (Å²) in [4.78, 5) is 33.7. The Bertz CT molecular complexity index is 2010. The fourth-order valence-corrected chi connectivity index (χ4v) is 13.8. The van der Waals surface area contributed by atoms with E-state index in [4.69, 9.17) is 15.1 Å². The number of nitroso groups, excluding NO2 is 1. The van der Waals surface area contributed by atoms with E-state index in [-0.39, 0.29) is 37.3 Å². The van der Waals surface area contributed by atoms with Crippen molar-refractivity contribution in [2.75, 3.05) is 28.4 Å². The molecule has 0 bridgehead atoms. The van der Waals surface area contributed by atoms with Crippen LogP contribution in [0, 0.1) is 16.1 Å². The lowest BCUT2D eigenvalue weighted by Crippen LogP contribution is -2.53. The molecule has 6 rings (SSSR count). The number of carbonyl (C=O) groups is 1. The number of hydrogen-bond acceptors (Lipinski definition) is 5. The minimum Gasteiger partial charge on any atom is -0.477 e. The number of nitrogens with one attached hydrogen (secondary N) is 2. The van der Waals surface area contributed by atoms with Gasteiger partial charge in [-0.1, -0.05) is 57.9 Å². The number of hydrazine groups is 1. The third-order valence-electron chi connectivity index (χ3n) is 11.2. The first-order valence-corrected chi connectivity index (χ1v) is 23.1. The highest BCUT2D eigenvalue weighted by Gasteiger charge is 2.61. The van der Waals surface area contributed by atoms with Crippen molar-refractivity contribution < 1.29 is 32.3 Å². The lowest BCUT2D eigenvalue weighted by molar-refractivity contribution is -0.463. The molecule has 8 nitrogen and oxygen atoms in total. The maximum atomic E-state index is 16.5.